The third kappa shape index (κ3) is 3.45. The summed E-state index contributed by atoms with van der Waals surface area (Å²) < 4.78 is 5.41. The van der Waals surface area contributed by atoms with Crippen LogP contribution in [-0.2, 0) is 0 Å². The van der Waals surface area contributed by atoms with Gasteiger partial charge in [-0.25, -0.2) is 0 Å². The standard InChI is InChI=1S/C14H24N2O/c1-9(8-15)5-13(16)12-6-10(2)11(3)7-14(12)17-4/h6-7,9,13H,5,8,15-16H2,1-4H3. The molecule has 0 fully saturated rings. The number of aryl methyl sites for hydroxylation is 2. The molecule has 96 valence electrons. The van der Waals surface area contributed by atoms with Gasteiger partial charge in [0.1, 0.15) is 5.75 Å². The van der Waals surface area contributed by atoms with Crippen LogP contribution in [0.1, 0.15) is 36.1 Å². The molecule has 0 heterocycles. The van der Waals surface area contributed by atoms with Crippen molar-refractivity contribution < 1.29 is 4.74 Å². The largest absolute Gasteiger partial charge is 0.496 e. The molecule has 0 radical (unpaired) electrons. The van der Waals surface area contributed by atoms with E-state index in [-0.39, 0.29) is 6.04 Å². The van der Waals surface area contributed by atoms with Gasteiger partial charge in [-0.2, -0.15) is 0 Å². The van der Waals surface area contributed by atoms with E-state index in [2.05, 4.69) is 32.9 Å². The Hall–Kier alpha value is -1.06. The molecule has 0 bridgehead atoms. The molecule has 0 amide bonds. The Labute approximate surface area is 104 Å². The van der Waals surface area contributed by atoms with Gasteiger partial charge in [0.15, 0.2) is 0 Å². The first-order valence-corrected chi connectivity index (χ1v) is 6.10. The molecule has 0 saturated carbocycles. The van der Waals surface area contributed by atoms with Gasteiger partial charge in [-0.1, -0.05) is 13.0 Å². The third-order valence-electron chi connectivity index (χ3n) is 3.30. The summed E-state index contributed by atoms with van der Waals surface area (Å²) in [5, 5.41) is 0. The van der Waals surface area contributed by atoms with Crippen LogP contribution in [0.5, 0.6) is 5.75 Å². The van der Waals surface area contributed by atoms with Crippen LogP contribution in [0.25, 0.3) is 0 Å². The lowest BCUT2D eigenvalue weighted by molar-refractivity contribution is 0.397. The van der Waals surface area contributed by atoms with Crippen LogP contribution in [0.4, 0.5) is 0 Å². The van der Waals surface area contributed by atoms with Gasteiger partial charge >= 0.3 is 0 Å². The normalized spacial score (nSPS) is 14.5. The Morgan fingerprint density at radius 3 is 2.35 bits per heavy atom. The van der Waals surface area contributed by atoms with Crippen LogP contribution < -0.4 is 16.2 Å². The van der Waals surface area contributed by atoms with E-state index < -0.39 is 0 Å². The van der Waals surface area contributed by atoms with Crippen LogP contribution in [0.15, 0.2) is 12.1 Å². The minimum absolute atomic E-state index is 0.0113. The molecule has 3 nitrogen and oxygen atoms in total. The SMILES string of the molecule is COc1cc(C)c(C)cc1C(N)CC(C)CN. The van der Waals surface area contributed by atoms with Gasteiger partial charge in [-0.15, -0.1) is 0 Å². The van der Waals surface area contributed by atoms with Crippen LogP contribution in [0, 0.1) is 19.8 Å². The van der Waals surface area contributed by atoms with Crippen LogP contribution >= 0.6 is 0 Å². The molecule has 2 unspecified atom stereocenters. The van der Waals surface area contributed by atoms with Gasteiger partial charge < -0.3 is 16.2 Å². The first-order valence-electron chi connectivity index (χ1n) is 6.10. The Morgan fingerprint density at radius 1 is 1.24 bits per heavy atom. The van der Waals surface area contributed by atoms with E-state index >= 15 is 0 Å². The van der Waals surface area contributed by atoms with Crippen molar-refractivity contribution in [1.29, 1.82) is 0 Å². The van der Waals surface area contributed by atoms with Crippen molar-refractivity contribution >= 4 is 0 Å². The van der Waals surface area contributed by atoms with E-state index in [1.807, 2.05) is 0 Å². The maximum atomic E-state index is 6.23. The average Bonchev–Trinajstić information content (AvgIpc) is 2.31. The van der Waals surface area contributed by atoms with Crippen molar-refractivity contribution in [2.24, 2.45) is 17.4 Å². The maximum Gasteiger partial charge on any atom is 0.123 e. The molecular formula is C14H24N2O. The predicted octanol–water partition coefficient (Wildman–Crippen LogP) is 2.30. The summed E-state index contributed by atoms with van der Waals surface area (Å²) in [6, 6.07) is 4.17. The van der Waals surface area contributed by atoms with Crippen LogP contribution in [0.2, 0.25) is 0 Å². The Balaban J connectivity index is 2.99. The summed E-state index contributed by atoms with van der Waals surface area (Å²) in [5.74, 6) is 1.31. The van der Waals surface area contributed by atoms with Crippen molar-refractivity contribution in [3.8, 4) is 5.75 Å². The fourth-order valence-electron chi connectivity index (χ4n) is 1.94. The molecule has 2 atom stereocenters. The van der Waals surface area contributed by atoms with E-state index in [1.165, 1.54) is 11.1 Å². The first-order chi connectivity index (χ1) is 7.99. The number of rotatable bonds is 5. The highest BCUT2D eigenvalue weighted by Crippen LogP contribution is 2.30. The van der Waals surface area contributed by atoms with Gasteiger partial charge in [0.25, 0.3) is 0 Å². The van der Waals surface area contributed by atoms with Gasteiger partial charge in [0.2, 0.25) is 0 Å². The summed E-state index contributed by atoms with van der Waals surface area (Å²) in [6.45, 7) is 6.96. The summed E-state index contributed by atoms with van der Waals surface area (Å²) in [5.41, 5.74) is 15.4. The smallest absolute Gasteiger partial charge is 0.123 e. The fourth-order valence-corrected chi connectivity index (χ4v) is 1.94. The van der Waals surface area contributed by atoms with Gasteiger partial charge in [0, 0.05) is 11.6 Å². The molecule has 3 heteroatoms. The second kappa shape index (κ2) is 6.03. The van der Waals surface area contributed by atoms with Gasteiger partial charge in [-0.05, 0) is 49.9 Å². The van der Waals surface area contributed by atoms with E-state index in [9.17, 15) is 0 Å². The van der Waals surface area contributed by atoms with Crippen LogP contribution in [0.3, 0.4) is 0 Å². The Bertz CT molecular complexity index is 377. The van der Waals surface area contributed by atoms with E-state index in [1.54, 1.807) is 7.11 Å². The molecule has 0 spiro atoms. The molecule has 0 aliphatic heterocycles. The minimum Gasteiger partial charge on any atom is -0.496 e. The number of hydrogen-bond acceptors (Lipinski definition) is 3. The summed E-state index contributed by atoms with van der Waals surface area (Å²) in [4.78, 5) is 0. The van der Waals surface area contributed by atoms with Gasteiger partial charge in [0.05, 0.1) is 7.11 Å². The van der Waals surface area contributed by atoms with E-state index in [0.717, 1.165) is 17.7 Å². The number of hydrogen-bond donors (Lipinski definition) is 2. The Morgan fingerprint density at radius 2 is 1.82 bits per heavy atom. The molecule has 1 aromatic rings. The second-order valence-electron chi connectivity index (χ2n) is 4.86. The van der Waals surface area contributed by atoms with Gasteiger partial charge in [-0.3, -0.25) is 0 Å². The number of methoxy groups -OCH3 is 1. The summed E-state index contributed by atoms with van der Waals surface area (Å²) in [7, 11) is 1.69. The zero-order valence-corrected chi connectivity index (χ0v) is 11.3. The minimum atomic E-state index is -0.0113. The van der Waals surface area contributed by atoms with Crippen LogP contribution in [-0.4, -0.2) is 13.7 Å². The molecule has 1 rings (SSSR count). The highest BCUT2D eigenvalue weighted by Gasteiger charge is 2.15. The zero-order valence-electron chi connectivity index (χ0n) is 11.3. The number of nitrogens with two attached hydrogens (primary N) is 2. The molecule has 17 heavy (non-hydrogen) atoms. The number of ether oxygens (including phenoxy) is 1. The molecular weight excluding hydrogens is 212 g/mol. The lowest BCUT2D eigenvalue weighted by atomic mass is 9.93. The average molecular weight is 236 g/mol. The topological polar surface area (TPSA) is 61.3 Å². The lowest BCUT2D eigenvalue weighted by Crippen LogP contribution is -2.20. The highest BCUT2D eigenvalue weighted by molar-refractivity contribution is 5.43. The predicted molar refractivity (Wildman–Crippen MR) is 72.2 cm³/mol. The Kier molecular flexibility index (Phi) is 4.97. The molecule has 4 N–H and O–H groups in total. The van der Waals surface area contributed by atoms with Crippen molar-refractivity contribution in [2.75, 3.05) is 13.7 Å². The highest BCUT2D eigenvalue weighted by atomic mass is 16.5. The molecule has 0 aromatic heterocycles. The second-order valence-corrected chi connectivity index (χ2v) is 4.86. The van der Waals surface area contributed by atoms with Crippen molar-refractivity contribution in [3.05, 3.63) is 28.8 Å². The van der Waals surface area contributed by atoms with E-state index in [4.69, 9.17) is 16.2 Å². The third-order valence-corrected chi connectivity index (χ3v) is 3.30. The first kappa shape index (κ1) is 14.0. The molecule has 1 aromatic carbocycles. The number of benzene rings is 1. The summed E-state index contributed by atoms with van der Waals surface area (Å²) in [6.07, 6.45) is 0.884. The summed E-state index contributed by atoms with van der Waals surface area (Å²) >= 11 is 0. The molecule has 0 aliphatic rings. The molecule has 0 aliphatic carbocycles. The quantitative estimate of drug-likeness (QED) is 0.824. The van der Waals surface area contributed by atoms with Crippen molar-refractivity contribution in [2.45, 2.75) is 33.2 Å². The van der Waals surface area contributed by atoms with Crippen molar-refractivity contribution in [1.82, 2.24) is 0 Å². The zero-order chi connectivity index (χ0) is 13.0. The monoisotopic (exact) mass is 236 g/mol. The maximum absolute atomic E-state index is 6.23. The lowest BCUT2D eigenvalue weighted by Gasteiger charge is -2.20. The van der Waals surface area contributed by atoms with E-state index in [0.29, 0.717) is 12.5 Å². The fraction of sp³-hybridized carbons (Fsp3) is 0.571. The van der Waals surface area contributed by atoms with Crippen molar-refractivity contribution in [3.63, 3.8) is 0 Å². The molecule has 0 saturated heterocycles.